The summed E-state index contributed by atoms with van der Waals surface area (Å²) in [6.45, 7) is 1.69. The maximum Gasteiger partial charge on any atom is 0.183 e. The highest BCUT2D eigenvalue weighted by molar-refractivity contribution is 6.37. The fourth-order valence-electron chi connectivity index (χ4n) is 1.92. The molecule has 0 unspecified atom stereocenters. The van der Waals surface area contributed by atoms with Gasteiger partial charge in [-0.05, 0) is 6.92 Å². The van der Waals surface area contributed by atoms with Crippen molar-refractivity contribution in [3.63, 3.8) is 0 Å². The van der Waals surface area contributed by atoms with Crippen molar-refractivity contribution in [3.05, 3.63) is 16.4 Å². The lowest BCUT2D eigenvalue weighted by molar-refractivity contribution is 0.355. The number of halogens is 1. The van der Waals surface area contributed by atoms with Crippen LogP contribution in [0.3, 0.4) is 0 Å². The van der Waals surface area contributed by atoms with Crippen LogP contribution in [-0.4, -0.2) is 24.2 Å². The first kappa shape index (κ1) is 13.2. The Morgan fingerprint density at radius 3 is 2.37 bits per heavy atom. The number of fused-ring (bicyclic) bond motifs is 1. The Balaban J connectivity index is 3.09. The van der Waals surface area contributed by atoms with Gasteiger partial charge in [0.15, 0.2) is 11.5 Å². The number of nitriles is 1. The lowest BCUT2D eigenvalue weighted by atomic mass is 10.1. The number of rotatable bonds is 2. The third-order valence-corrected chi connectivity index (χ3v) is 3.01. The van der Waals surface area contributed by atoms with Crippen LogP contribution in [0.15, 0.2) is 0 Å². The average molecular weight is 279 g/mol. The Morgan fingerprint density at radius 2 is 1.84 bits per heavy atom. The van der Waals surface area contributed by atoms with E-state index in [2.05, 4.69) is 9.97 Å². The van der Waals surface area contributed by atoms with Crippen molar-refractivity contribution in [2.24, 2.45) is 0 Å². The van der Waals surface area contributed by atoms with Gasteiger partial charge in [-0.2, -0.15) is 5.26 Å². The largest absolute Gasteiger partial charge is 0.491 e. The molecule has 0 aliphatic rings. The molecule has 0 aliphatic carbocycles. The van der Waals surface area contributed by atoms with Crippen LogP contribution < -0.4 is 15.2 Å². The van der Waals surface area contributed by atoms with Crippen LogP contribution in [0.1, 0.15) is 11.4 Å². The lowest BCUT2D eigenvalue weighted by Crippen LogP contribution is -2.03. The van der Waals surface area contributed by atoms with E-state index in [4.69, 9.17) is 26.8 Å². The number of nitrogens with zero attached hydrogens (tertiary/aromatic N) is 3. The fraction of sp³-hybridized carbons (Fsp3) is 0.250. The Kier molecular flexibility index (Phi) is 3.32. The summed E-state index contributed by atoms with van der Waals surface area (Å²) in [7, 11) is 2.86. The van der Waals surface area contributed by atoms with Crippen molar-refractivity contribution in [2.45, 2.75) is 6.92 Å². The van der Waals surface area contributed by atoms with Crippen molar-refractivity contribution < 1.29 is 9.47 Å². The summed E-state index contributed by atoms with van der Waals surface area (Å²) in [5.74, 6) is 1.12. The van der Waals surface area contributed by atoms with E-state index in [-0.39, 0.29) is 27.9 Å². The van der Waals surface area contributed by atoms with Crippen LogP contribution in [0.4, 0.5) is 5.82 Å². The summed E-state index contributed by atoms with van der Waals surface area (Å²) in [6, 6.07) is 2.03. The second-order valence-electron chi connectivity index (χ2n) is 3.75. The van der Waals surface area contributed by atoms with E-state index in [1.807, 2.05) is 6.07 Å². The Labute approximate surface area is 114 Å². The van der Waals surface area contributed by atoms with E-state index >= 15 is 0 Å². The zero-order valence-electron chi connectivity index (χ0n) is 10.6. The molecule has 2 N–H and O–H groups in total. The molecule has 1 heterocycles. The molecule has 0 amide bonds. The highest BCUT2D eigenvalue weighted by atomic mass is 35.5. The zero-order valence-corrected chi connectivity index (χ0v) is 11.4. The van der Waals surface area contributed by atoms with Crippen molar-refractivity contribution >= 4 is 28.3 Å². The van der Waals surface area contributed by atoms with Crippen LogP contribution in [0.25, 0.3) is 10.9 Å². The standard InChI is InChI=1S/C12H11ClN4O2/c1-5-16-9-7(12(15)17-5)6(4-14)10(18-2)11(19-3)8(9)13/h1-3H3,(H2,15,16,17). The molecule has 1 aromatic carbocycles. The molecule has 98 valence electrons. The van der Waals surface area contributed by atoms with E-state index in [1.165, 1.54) is 14.2 Å². The van der Waals surface area contributed by atoms with Gasteiger partial charge in [0, 0.05) is 0 Å². The molecule has 0 spiro atoms. The van der Waals surface area contributed by atoms with Crippen molar-refractivity contribution in [3.8, 4) is 17.6 Å². The van der Waals surface area contributed by atoms with Crippen LogP contribution in [-0.2, 0) is 0 Å². The first-order valence-corrected chi connectivity index (χ1v) is 5.70. The monoisotopic (exact) mass is 278 g/mol. The minimum absolute atomic E-state index is 0.182. The molecule has 0 radical (unpaired) electrons. The number of ether oxygens (including phenoxy) is 2. The summed E-state index contributed by atoms with van der Waals surface area (Å²) < 4.78 is 10.4. The molecule has 0 saturated carbocycles. The molecule has 2 aromatic rings. The van der Waals surface area contributed by atoms with Gasteiger partial charge in [0.05, 0.1) is 19.6 Å². The Bertz CT molecular complexity index is 709. The highest BCUT2D eigenvalue weighted by Crippen LogP contribution is 2.44. The first-order chi connectivity index (χ1) is 9.04. The van der Waals surface area contributed by atoms with E-state index in [9.17, 15) is 5.26 Å². The van der Waals surface area contributed by atoms with Crippen molar-refractivity contribution in [1.82, 2.24) is 9.97 Å². The zero-order chi connectivity index (χ0) is 14.2. The molecule has 0 saturated heterocycles. The molecule has 7 heteroatoms. The SMILES string of the molecule is COc1c(OC)c(C#N)c2c(N)nc(C)nc2c1Cl. The molecule has 2 rings (SSSR count). The number of methoxy groups -OCH3 is 2. The minimum Gasteiger partial charge on any atom is -0.491 e. The summed E-state index contributed by atoms with van der Waals surface area (Å²) in [6.07, 6.45) is 0. The maximum atomic E-state index is 9.31. The molecule has 0 bridgehead atoms. The van der Waals surface area contributed by atoms with Gasteiger partial charge in [0.1, 0.15) is 33.8 Å². The molecular formula is C12H11ClN4O2. The van der Waals surface area contributed by atoms with E-state index in [0.717, 1.165) is 0 Å². The van der Waals surface area contributed by atoms with Gasteiger partial charge in [0.25, 0.3) is 0 Å². The topological polar surface area (TPSA) is 94.0 Å². The number of anilines is 1. The van der Waals surface area contributed by atoms with E-state index in [1.54, 1.807) is 6.92 Å². The molecule has 0 atom stereocenters. The predicted molar refractivity (Wildman–Crippen MR) is 71.5 cm³/mol. The Hall–Kier alpha value is -2.26. The molecular weight excluding hydrogens is 268 g/mol. The van der Waals surface area contributed by atoms with Crippen molar-refractivity contribution in [1.29, 1.82) is 5.26 Å². The van der Waals surface area contributed by atoms with Gasteiger partial charge < -0.3 is 15.2 Å². The second kappa shape index (κ2) is 4.78. The summed E-state index contributed by atoms with van der Waals surface area (Å²) in [5, 5.41) is 9.92. The first-order valence-electron chi connectivity index (χ1n) is 5.32. The molecule has 6 nitrogen and oxygen atoms in total. The van der Waals surface area contributed by atoms with Crippen LogP contribution in [0, 0.1) is 18.3 Å². The van der Waals surface area contributed by atoms with Gasteiger partial charge in [-0.15, -0.1) is 0 Å². The molecule has 0 aliphatic heterocycles. The predicted octanol–water partition coefficient (Wildman–Crippen LogP) is 2.06. The number of hydrogen-bond acceptors (Lipinski definition) is 6. The van der Waals surface area contributed by atoms with E-state index in [0.29, 0.717) is 16.7 Å². The molecule has 0 fully saturated rings. The lowest BCUT2D eigenvalue weighted by Gasteiger charge is -2.14. The summed E-state index contributed by atoms with van der Waals surface area (Å²) in [5.41, 5.74) is 6.44. The average Bonchev–Trinajstić information content (AvgIpc) is 2.38. The third kappa shape index (κ3) is 1.88. The van der Waals surface area contributed by atoms with Gasteiger partial charge in [0.2, 0.25) is 0 Å². The fourth-order valence-corrected chi connectivity index (χ4v) is 2.22. The smallest absolute Gasteiger partial charge is 0.183 e. The minimum atomic E-state index is 0.182. The van der Waals surface area contributed by atoms with Crippen molar-refractivity contribution in [2.75, 3.05) is 20.0 Å². The van der Waals surface area contributed by atoms with Gasteiger partial charge in [-0.3, -0.25) is 0 Å². The highest BCUT2D eigenvalue weighted by Gasteiger charge is 2.23. The summed E-state index contributed by atoms with van der Waals surface area (Å²) >= 11 is 6.24. The van der Waals surface area contributed by atoms with Gasteiger partial charge in [-0.1, -0.05) is 11.6 Å². The number of nitrogens with two attached hydrogens (primary N) is 1. The second-order valence-corrected chi connectivity index (χ2v) is 4.12. The normalized spacial score (nSPS) is 10.3. The van der Waals surface area contributed by atoms with Crippen LogP contribution in [0.5, 0.6) is 11.5 Å². The van der Waals surface area contributed by atoms with Gasteiger partial charge >= 0.3 is 0 Å². The molecule has 19 heavy (non-hydrogen) atoms. The van der Waals surface area contributed by atoms with Crippen LogP contribution >= 0.6 is 11.6 Å². The molecule has 1 aromatic heterocycles. The van der Waals surface area contributed by atoms with Gasteiger partial charge in [-0.25, -0.2) is 9.97 Å². The Morgan fingerprint density at radius 1 is 1.21 bits per heavy atom. The number of benzene rings is 1. The van der Waals surface area contributed by atoms with Crippen LogP contribution in [0.2, 0.25) is 5.02 Å². The van der Waals surface area contributed by atoms with E-state index < -0.39 is 0 Å². The third-order valence-electron chi connectivity index (χ3n) is 2.66. The maximum absolute atomic E-state index is 9.31. The number of hydrogen-bond donors (Lipinski definition) is 1. The number of nitrogen functional groups attached to an aromatic ring is 1. The summed E-state index contributed by atoms with van der Waals surface area (Å²) in [4.78, 5) is 8.26. The number of aryl methyl sites for hydroxylation is 1. The quantitative estimate of drug-likeness (QED) is 0.903. The number of aromatic nitrogens is 2.